The minimum absolute atomic E-state index is 0.0399. The van der Waals surface area contributed by atoms with Crippen molar-refractivity contribution in [3.8, 4) is 0 Å². The van der Waals surface area contributed by atoms with Crippen molar-refractivity contribution in [2.45, 2.75) is 25.7 Å². The highest BCUT2D eigenvalue weighted by atomic mass is 16.6. The molecule has 1 amide bonds. The first-order valence-corrected chi connectivity index (χ1v) is 4.37. The smallest absolute Gasteiger partial charge is 0.266 e. The number of fused-ring (bicyclic) bond motifs is 1. The van der Waals surface area contributed by atoms with Crippen LogP contribution in [0.5, 0.6) is 0 Å². The van der Waals surface area contributed by atoms with E-state index in [4.69, 9.17) is 0 Å². The van der Waals surface area contributed by atoms with Crippen LogP contribution < -0.4 is 0 Å². The summed E-state index contributed by atoms with van der Waals surface area (Å²) in [6, 6.07) is 0. The minimum Gasteiger partial charge on any atom is -0.310 e. The van der Waals surface area contributed by atoms with Crippen molar-refractivity contribution in [2.75, 3.05) is 6.54 Å². The van der Waals surface area contributed by atoms with Crippen LogP contribution in [0.3, 0.4) is 0 Å². The summed E-state index contributed by atoms with van der Waals surface area (Å²) < 4.78 is 0. The molecule has 0 aliphatic carbocycles. The molecule has 1 fully saturated rings. The van der Waals surface area contributed by atoms with Crippen molar-refractivity contribution < 1.29 is 9.72 Å². The molecule has 0 aromatic heterocycles. The van der Waals surface area contributed by atoms with Gasteiger partial charge in [0, 0.05) is 19.4 Å². The van der Waals surface area contributed by atoms with Gasteiger partial charge in [-0.25, -0.2) is 0 Å². The fourth-order valence-corrected chi connectivity index (χ4v) is 1.95. The van der Waals surface area contributed by atoms with E-state index in [0.29, 0.717) is 31.5 Å². The van der Waals surface area contributed by atoms with Gasteiger partial charge in [0.25, 0.3) is 5.70 Å². The molecule has 0 unspecified atom stereocenters. The molecule has 0 atom stereocenters. The minimum atomic E-state index is -0.347. The standard InChI is InChI=1S/C8H10N2O3/c11-8-4-3-7(10(12)13)6-2-1-5-9(6)8/h1-5H2. The molecule has 2 aliphatic rings. The van der Waals surface area contributed by atoms with Gasteiger partial charge in [0.1, 0.15) is 0 Å². The van der Waals surface area contributed by atoms with Gasteiger partial charge >= 0.3 is 0 Å². The molecule has 0 aromatic rings. The maximum atomic E-state index is 11.3. The quantitative estimate of drug-likeness (QED) is 0.447. The van der Waals surface area contributed by atoms with Gasteiger partial charge in [-0.15, -0.1) is 0 Å². The number of rotatable bonds is 1. The van der Waals surface area contributed by atoms with Crippen LogP contribution >= 0.6 is 0 Å². The number of nitro groups is 1. The lowest BCUT2D eigenvalue weighted by atomic mass is 10.1. The van der Waals surface area contributed by atoms with Crippen molar-refractivity contribution >= 4 is 5.91 Å². The van der Waals surface area contributed by atoms with Crippen molar-refractivity contribution in [1.82, 2.24) is 4.90 Å². The molecule has 0 aromatic carbocycles. The molecule has 1 saturated heterocycles. The molecular weight excluding hydrogens is 172 g/mol. The summed E-state index contributed by atoms with van der Waals surface area (Å²) in [7, 11) is 0. The first kappa shape index (κ1) is 8.22. The van der Waals surface area contributed by atoms with Gasteiger partial charge in [-0.05, 0) is 12.8 Å². The van der Waals surface area contributed by atoms with Crippen LogP contribution in [-0.2, 0) is 4.79 Å². The first-order chi connectivity index (χ1) is 6.20. The maximum Gasteiger partial charge on any atom is 0.266 e. The lowest BCUT2D eigenvalue weighted by molar-refractivity contribution is -0.430. The number of carbonyl (C=O) groups excluding carboxylic acids is 1. The maximum absolute atomic E-state index is 11.3. The number of hydrogen-bond acceptors (Lipinski definition) is 3. The van der Waals surface area contributed by atoms with Crippen LogP contribution in [0.15, 0.2) is 11.4 Å². The Labute approximate surface area is 75.2 Å². The van der Waals surface area contributed by atoms with Gasteiger partial charge in [-0.3, -0.25) is 14.9 Å². The van der Waals surface area contributed by atoms with Gasteiger partial charge in [-0.2, -0.15) is 0 Å². The Morgan fingerprint density at radius 3 is 2.77 bits per heavy atom. The van der Waals surface area contributed by atoms with E-state index in [0.717, 1.165) is 6.42 Å². The van der Waals surface area contributed by atoms with E-state index in [1.165, 1.54) is 0 Å². The third-order valence-electron chi connectivity index (χ3n) is 2.55. The average Bonchev–Trinajstić information content (AvgIpc) is 2.53. The van der Waals surface area contributed by atoms with Crippen LogP contribution in [-0.4, -0.2) is 22.3 Å². The van der Waals surface area contributed by atoms with Crippen LogP contribution in [0.4, 0.5) is 0 Å². The molecule has 0 N–H and O–H groups in total. The fourth-order valence-electron chi connectivity index (χ4n) is 1.95. The van der Waals surface area contributed by atoms with Crippen molar-refractivity contribution in [2.24, 2.45) is 0 Å². The average molecular weight is 182 g/mol. The van der Waals surface area contributed by atoms with Gasteiger partial charge < -0.3 is 4.90 Å². The number of nitrogens with zero attached hydrogens (tertiary/aromatic N) is 2. The molecule has 0 bridgehead atoms. The Hall–Kier alpha value is -1.39. The number of amides is 1. The Morgan fingerprint density at radius 1 is 1.31 bits per heavy atom. The highest BCUT2D eigenvalue weighted by Gasteiger charge is 2.35. The first-order valence-electron chi connectivity index (χ1n) is 4.37. The summed E-state index contributed by atoms with van der Waals surface area (Å²) in [5.41, 5.74) is 0.901. The number of hydrogen-bond donors (Lipinski definition) is 0. The van der Waals surface area contributed by atoms with Crippen LogP contribution in [0.25, 0.3) is 0 Å². The highest BCUT2D eigenvalue weighted by molar-refractivity contribution is 5.80. The molecule has 13 heavy (non-hydrogen) atoms. The van der Waals surface area contributed by atoms with Crippen LogP contribution in [0.1, 0.15) is 25.7 Å². The molecule has 2 heterocycles. The zero-order chi connectivity index (χ0) is 9.42. The topological polar surface area (TPSA) is 63.4 Å². The summed E-state index contributed by atoms with van der Waals surface area (Å²) in [6.45, 7) is 0.658. The zero-order valence-electron chi connectivity index (χ0n) is 7.15. The van der Waals surface area contributed by atoms with Crippen molar-refractivity contribution in [3.63, 3.8) is 0 Å². The predicted molar refractivity (Wildman–Crippen MR) is 44.2 cm³/mol. The molecule has 2 rings (SSSR count). The third kappa shape index (κ3) is 1.20. The van der Waals surface area contributed by atoms with Gasteiger partial charge in [0.05, 0.1) is 10.6 Å². The SMILES string of the molecule is O=C1CCC([N+](=O)[O-])=C2CCCN12. The molecule has 5 nitrogen and oxygen atoms in total. The third-order valence-corrected chi connectivity index (χ3v) is 2.55. The van der Waals surface area contributed by atoms with E-state index in [9.17, 15) is 14.9 Å². The molecule has 5 heteroatoms. The van der Waals surface area contributed by atoms with E-state index in [1.54, 1.807) is 4.90 Å². The molecule has 70 valence electrons. The zero-order valence-corrected chi connectivity index (χ0v) is 7.15. The second kappa shape index (κ2) is 2.83. The molecular formula is C8H10N2O3. The van der Waals surface area contributed by atoms with Gasteiger partial charge in [-0.1, -0.05) is 0 Å². The highest BCUT2D eigenvalue weighted by Crippen LogP contribution is 2.31. The lowest BCUT2D eigenvalue weighted by Gasteiger charge is -2.21. The summed E-state index contributed by atoms with van der Waals surface area (Å²) >= 11 is 0. The summed E-state index contributed by atoms with van der Waals surface area (Å²) in [4.78, 5) is 23.2. The van der Waals surface area contributed by atoms with Crippen molar-refractivity contribution in [3.05, 3.63) is 21.5 Å². The summed E-state index contributed by atoms with van der Waals surface area (Å²) in [5, 5.41) is 10.6. The molecule has 0 spiro atoms. The molecule has 0 radical (unpaired) electrons. The number of carbonyl (C=O) groups is 1. The second-order valence-electron chi connectivity index (χ2n) is 3.30. The number of allylic oxidation sites excluding steroid dienone is 2. The normalized spacial score (nSPS) is 22.2. The largest absolute Gasteiger partial charge is 0.310 e. The fraction of sp³-hybridized carbons (Fsp3) is 0.625. The summed E-state index contributed by atoms with van der Waals surface area (Å²) in [5.74, 6) is 0.0399. The summed E-state index contributed by atoms with van der Waals surface area (Å²) in [6.07, 6.45) is 2.14. The molecule has 2 aliphatic heterocycles. The van der Waals surface area contributed by atoms with E-state index >= 15 is 0 Å². The van der Waals surface area contributed by atoms with E-state index in [2.05, 4.69) is 0 Å². The molecule has 0 saturated carbocycles. The Balaban J connectivity index is 2.39. The van der Waals surface area contributed by atoms with E-state index in [-0.39, 0.29) is 16.5 Å². The van der Waals surface area contributed by atoms with Crippen LogP contribution in [0.2, 0.25) is 0 Å². The van der Waals surface area contributed by atoms with Crippen molar-refractivity contribution in [1.29, 1.82) is 0 Å². The Kier molecular flexibility index (Phi) is 1.79. The van der Waals surface area contributed by atoms with E-state index in [1.807, 2.05) is 0 Å². The van der Waals surface area contributed by atoms with Gasteiger partial charge in [0.2, 0.25) is 5.91 Å². The predicted octanol–water partition coefficient (Wildman–Crippen LogP) is 0.891. The Morgan fingerprint density at radius 2 is 2.08 bits per heavy atom. The lowest BCUT2D eigenvalue weighted by Crippen LogP contribution is -2.31. The van der Waals surface area contributed by atoms with Crippen LogP contribution in [0, 0.1) is 10.1 Å². The van der Waals surface area contributed by atoms with E-state index < -0.39 is 0 Å². The Bertz CT molecular complexity index is 309. The monoisotopic (exact) mass is 182 g/mol. The van der Waals surface area contributed by atoms with Gasteiger partial charge in [0.15, 0.2) is 0 Å². The second-order valence-corrected chi connectivity index (χ2v) is 3.30.